The van der Waals surface area contributed by atoms with Crippen molar-refractivity contribution in [2.24, 2.45) is 4.99 Å². The molecule has 0 N–H and O–H groups in total. The number of aryl methyl sites for hydroxylation is 1. The predicted molar refractivity (Wildman–Crippen MR) is 42.1 cm³/mol. The minimum absolute atomic E-state index is 0.0699. The number of aliphatic imine (C=N–C) groups is 1. The van der Waals surface area contributed by atoms with E-state index in [0.29, 0.717) is 6.54 Å². The summed E-state index contributed by atoms with van der Waals surface area (Å²) in [5, 5.41) is 3.91. The number of sulfone groups is 1. The quantitative estimate of drug-likeness (QED) is 0.456. The van der Waals surface area contributed by atoms with Gasteiger partial charge in [-0.25, -0.2) is 13.2 Å². The molecule has 1 aromatic rings. The lowest BCUT2D eigenvalue weighted by Gasteiger charge is -1.86. The Morgan fingerprint density at radius 1 is 1.62 bits per heavy atom. The zero-order chi connectivity index (χ0) is 9.47. The maximum absolute atomic E-state index is 11.3. The highest BCUT2D eigenvalue weighted by Gasteiger charge is 2.28. The third-order valence-corrected chi connectivity index (χ3v) is 3.47. The van der Waals surface area contributed by atoms with Gasteiger partial charge in [-0.1, -0.05) is 0 Å². The molecule has 0 aliphatic carbocycles. The van der Waals surface area contributed by atoms with E-state index in [0.717, 1.165) is 0 Å². The molecule has 0 saturated heterocycles. The number of aromatic nitrogens is 2. The summed E-state index contributed by atoms with van der Waals surface area (Å²) in [4.78, 5) is 13.1. The lowest BCUT2D eigenvalue weighted by atomic mass is 10.6. The molecule has 6 nitrogen and oxygen atoms in total. The average Bonchev–Trinajstić information content (AvgIpc) is 2.55. The fraction of sp³-hybridized carbons (Fsp3) is 0.333. The van der Waals surface area contributed by atoms with Crippen LogP contribution in [0.5, 0.6) is 0 Å². The van der Waals surface area contributed by atoms with E-state index in [1.165, 1.54) is 16.8 Å². The van der Waals surface area contributed by atoms with Crippen LogP contribution in [0.2, 0.25) is 0 Å². The van der Waals surface area contributed by atoms with Crippen LogP contribution in [0.3, 0.4) is 0 Å². The summed E-state index contributed by atoms with van der Waals surface area (Å²) < 4.78 is 23.9. The largest absolute Gasteiger partial charge is 0.251 e. The molecule has 68 valence electrons. The molecule has 2 heterocycles. The topological polar surface area (TPSA) is 81.4 Å². The van der Waals surface area contributed by atoms with Crippen LogP contribution < -0.4 is 0 Å². The Hall–Kier alpha value is -1.46. The van der Waals surface area contributed by atoms with E-state index < -0.39 is 9.84 Å². The SMILES string of the molecule is O=C=Nc1cc2n(n1)CCS2(=O)=O. The molecular formula is C6H5N3O3S. The van der Waals surface area contributed by atoms with Crippen molar-refractivity contribution in [3.05, 3.63) is 6.07 Å². The summed E-state index contributed by atoms with van der Waals surface area (Å²) in [6, 6.07) is 1.27. The molecule has 7 heteroatoms. The standard InChI is InChI=1S/C6H5N3O3S/c10-4-7-5-3-6-9(8-5)1-2-13(6,11)12/h3H,1-2H2. The van der Waals surface area contributed by atoms with Gasteiger partial charge in [0.1, 0.15) is 0 Å². The molecule has 1 aromatic heterocycles. The average molecular weight is 199 g/mol. The Labute approximate surface area is 73.8 Å². The highest BCUT2D eigenvalue weighted by molar-refractivity contribution is 7.91. The number of carbonyl (C=O) groups excluding carboxylic acids is 1. The second-order valence-corrected chi connectivity index (χ2v) is 4.64. The second kappa shape index (κ2) is 2.51. The van der Waals surface area contributed by atoms with Crippen molar-refractivity contribution in [3.8, 4) is 0 Å². The third-order valence-electron chi connectivity index (χ3n) is 1.78. The van der Waals surface area contributed by atoms with E-state index in [2.05, 4.69) is 10.1 Å². The molecule has 0 bridgehead atoms. The molecule has 0 unspecified atom stereocenters. The smallest absolute Gasteiger partial charge is 0.242 e. The van der Waals surface area contributed by atoms with Crippen molar-refractivity contribution in [1.82, 2.24) is 9.78 Å². The van der Waals surface area contributed by atoms with Gasteiger partial charge in [0.25, 0.3) is 0 Å². The fourth-order valence-electron chi connectivity index (χ4n) is 1.21. The van der Waals surface area contributed by atoms with Gasteiger partial charge in [-0.2, -0.15) is 5.10 Å². The highest BCUT2D eigenvalue weighted by Crippen LogP contribution is 2.23. The molecule has 0 saturated carbocycles. The van der Waals surface area contributed by atoms with Crippen LogP contribution in [0.15, 0.2) is 16.1 Å². The summed E-state index contributed by atoms with van der Waals surface area (Å²) in [5.41, 5.74) is 0. The molecule has 0 fully saturated rings. The number of isocyanates is 1. The van der Waals surface area contributed by atoms with Crippen LogP contribution in [-0.4, -0.2) is 30.0 Å². The Bertz CT molecular complexity index is 495. The van der Waals surface area contributed by atoms with Crippen LogP contribution >= 0.6 is 0 Å². The first-order valence-electron chi connectivity index (χ1n) is 3.52. The molecule has 0 spiro atoms. The minimum Gasteiger partial charge on any atom is -0.251 e. The van der Waals surface area contributed by atoms with Gasteiger partial charge in [0.15, 0.2) is 20.7 Å². The summed E-state index contributed by atoms with van der Waals surface area (Å²) in [5.74, 6) is 0.161. The maximum Gasteiger partial charge on any atom is 0.242 e. The number of hydrogen-bond acceptors (Lipinski definition) is 5. The van der Waals surface area contributed by atoms with Gasteiger partial charge in [0, 0.05) is 6.07 Å². The predicted octanol–water partition coefficient (Wildman–Crippen LogP) is -0.362. The molecule has 0 amide bonds. The molecule has 2 rings (SSSR count). The lowest BCUT2D eigenvalue weighted by Crippen LogP contribution is -1.98. The van der Waals surface area contributed by atoms with Crippen LogP contribution in [0.25, 0.3) is 0 Å². The van der Waals surface area contributed by atoms with Crippen molar-refractivity contribution in [1.29, 1.82) is 0 Å². The first kappa shape index (κ1) is 8.15. The minimum atomic E-state index is -3.19. The molecule has 1 aliphatic heterocycles. The number of nitrogens with zero attached hydrogens (tertiary/aromatic N) is 3. The number of fused-ring (bicyclic) bond motifs is 1. The van der Waals surface area contributed by atoms with Crippen molar-refractivity contribution in [2.75, 3.05) is 5.75 Å². The van der Waals surface area contributed by atoms with Gasteiger partial charge in [0.05, 0.1) is 12.3 Å². The van der Waals surface area contributed by atoms with Crippen LogP contribution in [0.4, 0.5) is 5.82 Å². The van der Waals surface area contributed by atoms with Gasteiger partial charge in [-0.05, 0) is 0 Å². The van der Waals surface area contributed by atoms with E-state index in [1.54, 1.807) is 0 Å². The molecule has 0 aromatic carbocycles. The normalized spacial score (nSPS) is 17.8. The highest BCUT2D eigenvalue weighted by atomic mass is 32.2. The van der Waals surface area contributed by atoms with Gasteiger partial charge in [-0.15, -0.1) is 4.99 Å². The van der Waals surface area contributed by atoms with Gasteiger partial charge < -0.3 is 0 Å². The maximum atomic E-state index is 11.3. The first-order valence-corrected chi connectivity index (χ1v) is 5.17. The van der Waals surface area contributed by atoms with Crippen molar-refractivity contribution in [3.63, 3.8) is 0 Å². The Balaban J connectivity index is 2.60. The molecule has 0 atom stereocenters. The summed E-state index contributed by atoms with van der Waals surface area (Å²) in [7, 11) is -3.19. The zero-order valence-electron chi connectivity index (χ0n) is 6.47. The van der Waals surface area contributed by atoms with Gasteiger partial charge >= 0.3 is 0 Å². The summed E-state index contributed by atoms with van der Waals surface area (Å²) >= 11 is 0. The first-order chi connectivity index (χ1) is 6.13. The van der Waals surface area contributed by atoms with Gasteiger partial charge in [-0.3, -0.25) is 4.68 Å². The van der Waals surface area contributed by atoms with Crippen molar-refractivity contribution in [2.45, 2.75) is 11.6 Å². The van der Waals surface area contributed by atoms with E-state index in [9.17, 15) is 13.2 Å². The van der Waals surface area contributed by atoms with Crippen molar-refractivity contribution < 1.29 is 13.2 Å². The monoisotopic (exact) mass is 199 g/mol. The Morgan fingerprint density at radius 3 is 3.00 bits per heavy atom. The molecular weight excluding hydrogens is 194 g/mol. The number of rotatable bonds is 1. The molecule has 0 radical (unpaired) electrons. The zero-order valence-corrected chi connectivity index (χ0v) is 7.28. The van der Waals surface area contributed by atoms with Crippen LogP contribution in [-0.2, 0) is 21.2 Å². The van der Waals surface area contributed by atoms with E-state index >= 15 is 0 Å². The Kier molecular flexibility index (Phi) is 1.58. The lowest BCUT2D eigenvalue weighted by molar-refractivity contribution is 0.565. The molecule has 13 heavy (non-hydrogen) atoms. The summed E-state index contributed by atoms with van der Waals surface area (Å²) in [6.45, 7) is 0.325. The summed E-state index contributed by atoms with van der Waals surface area (Å²) in [6.07, 6.45) is 1.30. The third kappa shape index (κ3) is 1.18. The Morgan fingerprint density at radius 2 is 2.38 bits per heavy atom. The van der Waals surface area contributed by atoms with Crippen LogP contribution in [0, 0.1) is 0 Å². The van der Waals surface area contributed by atoms with E-state index in [-0.39, 0.29) is 16.6 Å². The van der Waals surface area contributed by atoms with E-state index in [4.69, 9.17) is 0 Å². The van der Waals surface area contributed by atoms with Crippen molar-refractivity contribution >= 4 is 21.7 Å². The van der Waals surface area contributed by atoms with Gasteiger partial charge in [0.2, 0.25) is 6.08 Å². The van der Waals surface area contributed by atoms with E-state index in [1.807, 2.05) is 0 Å². The molecule has 1 aliphatic rings. The number of hydrogen-bond donors (Lipinski definition) is 0. The van der Waals surface area contributed by atoms with Crippen LogP contribution in [0.1, 0.15) is 0 Å². The second-order valence-electron chi connectivity index (χ2n) is 2.59. The fourth-order valence-corrected chi connectivity index (χ4v) is 2.57.